The van der Waals surface area contributed by atoms with Crippen molar-refractivity contribution < 1.29 is 14.4 Å². The number of hydrogen-bond donors (Lipinski definition) is 1. The first kappa shape index (κ1) is 27.8. The molecule has 1 fully saturated rings. The lowest BCUT2D eigenvalue weighted by Crippen LogP contribution is -2.50. The maximum atomic E-state index is 14.4. The number of carbonyl (C=O) groups is 3. The predicted molar refractivity (Wildman–Crippen MR) is 160 cm³/mol. The average molecular weight is 571 g/mol. The fraction of sp³-hybridized carbons (Fsp3) is 0.242. The first-order valence-electron chi connectivity index (χ1n) is 13.4. The Morgan fingerprint density at radius 1 is 0.850 bits per heavy atom. The average Bonchev–Trinajstić information content (AvgIpc) is 3.61. The molecule has 1 aliphatic heterocycles. The number of nitrogens with one attached hydrogen (secondary N) is 1. The summed E-state index contributed by atoms with van der Waals surface area (Å²) in [4.78, 5) is 45.0. The zero-order valence-electron chi connectivity index (χ0n) is 22.4. The minimum absolute atomic E-state index is 0.0823. The van der Waals surface area contributed by atoms with Gasteiger partial charge in [0.25, 0.3) is 0 Å². The summed E-state index contributed by atoms with van der Waals surface area (Å²) in [5, 5.41) is 5.47. The third kappa shape index (κ3) is 5.74. The minimum atomic E-state index is -0.904. The van der Waals surface area contributed by atoms with Crippen LogP contribution in [0.2, 0.25) is 5.02 Å². The number of ketones is 1. The van der Waals surface area contributed by atoms with Crippen molar-refractivity contribution in [2.45, 2.75) is 44.3 Å². The quantitative estimate of drug-likeness (QED) is 0.240. The van der Waals surface area contributed by atoms with Gasteiger partial charge >= 0.3 is 0 Å². The Bertz CT molecular complexity index is 1460. The molecule has 4 unspecified atom stereocenters. The van der Waals surface area contributed by atoms with Crippen LogP contribution in [0.1, 0.15) is 52.2 Å². The summed E-state index contributed by atoms with van der Waals surface area (Å²) in [5.41, 5.74) is 2.45. The van der Waals surface area contributed by atoms with E-state index >= 15 is 0 Å². The Labute approximate surface area is 243 Å². The Hall–Kier alpha value is -3.74. The van der Waals surface area contributed by atoms with Gasteiger partial charge in [-0.05, 0) is 54.1 Å². The summed E-state index contributed by atoms with van der Waals surface area (Å²) in [6.45, 7) is 3.78. The molecule has 0 spiro atoms. The van der Waals surface area contributed by atoms with E-state index in [1.807, 2.05) is 104 Å². The maximum absolute atomic E-state index is 14.4. The second kappa shape index (κ2) is 12.2. The van der Waals surface area contributed by atoms with Gasteiger partial charge in [-0.2, -0.15) is 0 Å². The Morgan fingerprint density at radius 3 is 2.10 bits per heavy atom. The van der Waals surface area contributed by atoms with E-state index in [9.17, 15) is 14.4 Å². The van der Waals surface area contributed by atoms with E-state index in [0.29, 0.717) is 9.90 Å². The third-order valence-electron chi connectivity index (χ3n) is 7.32. The lowest BCUT2D eigenvalue weighted by Gasteiger charge is -2.32. The predicted octanol–water partition coefficient (Wildman–Crippen LogP) is 6.70. The highest BCUT2D eigenvalue weighted by atomic mass is 35.5. The molecule has 5 nitrogen and oxygen atoms in total. The molecule has 0 radical (unpaired) electrons. The van der Waals surface area contributed by atoms with Crippen LogP contribution in [-0.4, -0.2) is 34.6 Å². The first-order valence-corrected chi connectivity index (χ1v) is 14.6. The molecular formula is C33H31ClN2O3S. The topological polar surface area (TPSA) is 66.5 Å². The first-order chi connectivity index (χ1) is 19.3. The molecule has 204 valence electrons. The van der Waals surface area contributed by atoms with Crippen LogP contribution in [0.25, 0.3) is 0 Å². The van der Waals surface area contributed by atoms with Gasteiger partial charge in [-0.25, -0.2) is 0 Å². The number of benzene rings is 3. The molecular weight excluding hydrogens is 540 g/mol. The van der Waals surface area contributed by atoms with Gasteiger partial charge in [-0.15, -0.1) is 11.3 Å². The molecule has 0 bridgehead atoms. The van der Waals surface area contributed by atoms with E-state index in [1.54, 1.807) is 17.0 Å². The van der Waals surface area contributed by atoms with Gasteiger partial charge in [-0.1, -0.05) is 90.5 Å². The number of Topliss-reactive ketones (excluding diaryl/α,β-unsaturated/α-hetero) is 1. The molecule has 5 rings (SSSR count). The molecule has 0 saturated carbocycles. The monoisotopic (exact) mass is 570 g/mol. The second-order valence-corrected chi connectivity index (χ2v) is 11.8. The fourth-order valence-corrected chi connectivity index (χ4v) is 6.56. The van der Waals surface area contributed by atoms with Crippen molar-refractivity contribution in [3.05, 3.63) is 129 Å². The smallest absolute Gasteiger partial charge is 0.243 e. The molecule has 1 aromatic heterocycles. The van der Waals surface area contributed by atoms with Crippen molar-refractivity contribution in [3.8, 4) is 0 Å². The number of thiophene rings is 1. The van der Waals surface area contributed by atoms with Crippen LogP contribution in [0, 0.1) is 5.92 Å². The summed E-state index contributed by atoms with van der Waals surface area (Å²) in [5.74, 6) is -1.84. The number of amides is 2. The number of halogens is 1. The second-order valence-electron chi connectivity index (χ2n) is 10.4. The van der Waals surface area contributed by atoms with E-state index in [0.717, 1.165) is 16.7 Å². The molecule has 7 heteroatoms. The van der Waals surface area contributed by atoms with E-state index in [4.69, 9.17) is 11.6 Å². The zero-order valence-corrected chi connectivity index (χ0v) is 23.9. The summed E-state index contributed by atoms with van der Waals surface area (Å²) < 4.78 is 0. The van der Waals surface area contributed by atoms with Crippen LogP contribution < -0.4 is 5.32 Å². The van der Waals surface area contributed by atoms with Crippen molar-refractivity contribution in [3.63, 3.8) is 0 Å². The highest BCUT2D eigenvalue weighted by molar-refractivity contribution is 7.12. The molecule has 2 amide bonds. The van der Waals surface area contributed by atoms with Crippen molar-refractivity contribution in [2.24, 2.45) is 5.92 Å². The van der Waals surface area contributed by atoms with Gasteiger partial charge in [-0.3, -0.25) is 14.4 Å². The summed E-state index contributed by atoms with van der Waals surface area (Å²) in [7, 11) is 0. The van der Waals surface area contributed by atoms with Crippen LogP contribution in [0.5, 0.6) is 0 Å². The van der Waals surface area contributed by atoms with Gasteiger partial charge in [0.05, 0.1) is 23.3 Å². The summed E-state index contributed by atoms with van der Waals surface area (Å²) in [6.07, 6.45) is 0.114. The van der Waals surface area contributed by atoms with Crippen LogP contribution >= 0.6 is 22.9 Å². The number of carbonyl (C=O) groups excluding carboxylic acids is 3. The number of likely N-dealkylation sites (tertiary alicyclic amines) is 1. The molecule has 0 aliphatic carbocycles. The van der Waals surface area contributed by atoms with Crippen molar-refractivity contribution in [1.82, 2.24) is 10.2 Å². The van der Waals surface area contributed by atoms with Crippen LogP contribution in [0.15, 0.2) is 102 Å². The van der Waals surface area contributed by atoms with Crippen LogP contribution in [0.3, 0.4) is 0 Å². The molecule has 4 aromatic rings. The SMILES string of the molecule is CC(C)NC(=O)C1C(c2ccc(Cl)cc2)C(C(=O)c2cccs2)C(c2ccccc2)N1C(=O)Cc1ccccc1. The Kier molecular flexibility index (Phi) is 8.48. The molecule has 2 heterocycles. The van der Waals surface area contributed by atoms with Crippen LogP contribution in [-0.2, 0) is 16.0 Å². The van der Waals surface area contributed by atoms with Gasteiger partial charge in [0.2, 0.25) is 11.8 Å². The lowest BCUT2D eigenvalue weighted by molar-refractivity contribution is -0.140. The molecule has 1 aliphatic rings. The van der Waals surface area contributed by atoms with Gasteiger partial charge < -0.3 is 10.2 Å². The highest BCUT2D eigenvalue weighted by Gasteiger charge is 2.57. The number of rotatable bonds is 8. The molecule has 40 heavy (non-hydrogen) atoms. The van der Waals surface area contributed by atoms with Gasteiger partial charge in [0.15, 0.2) is 5.78 Å². The van der Waals surface area contributed by atoms with Gasteiger partial charge in [0, 0.05) is 17.0 Å². The standard InChI is InChI=1S/C33H31ClN2O3S/c1-21(2)35-33(39)31-28(23-15-17-25(34)18-16-23)29(32(38)26-14-9-19-40-26)30(24-12-7-4-8-13-24)36(31)27(37)20-22-10-5-3-6-11-22/h3-19,21,28-31H,20H2,1-2H3,(H,35,39). The minimum Gasteiger partial charge on any atom is -0.352 e. The van der Waals surface area contributed by atoms with Gasteiger partial charge in [0.1, 0.15) is 6.04 Å². The summed E-state index contributed by atoms with van der Waals surface area (Å²) in [6, 6.07) is 28.3. The van der Waals surface area contributed by atoms with E-state index < -0.39 is 23.9 Å². The molecule has 1 N–H and O–H groups in total. The Morgan fingerprint density at radius 2 is 1.50 bits per heavy atom. The fourth-order valence-electron chi connectivity index (χ4n) is 5.73. The molecule has 4 atom stereocenters. The molecule has 1 saturated heterocycles. The summed E-state index contributed by atoms with van der Waals surface area (Å²) >= 11 is 7.62. The zero-order chi connectivity index (χ0) is 28.2. The lowest BCUT2D eigenvalue weighted by atomic mass is 9.77. The van der Waals surface area contributed by atoms with Crippen molar-refractivity contribution in [2.75, 3.05) is 0 Å². The van der Waals surface area contributed by atoms with E-state index in [1.165, 1.54) is 11.3 Å². The number of hydrogen-bond acceptors (Lipinski definition) is 4. The van der Waals surface area contributed by atoms with E-state index in [-0.39, 0.29) is 30.1 Å². The van der Waals surface area contributed by atoms with E-state index in [2.05, 4.69) is 5.32 Å². The van der Waals surface area contributed by atoms with Crippen LogP contribution in [0.4, 0.5) is 0 Å². The Balaban J connectivity index is 1.73. The molecule has 3 aromatic carbocycles. The van der Waals surface area contributed by atoms with Crippen molar-refractivity contribution >= 4 is 40.5 Å². The highest BCUT2D eigenvalue weighted by Crippen LogP contribution is 2.51. The normalized spacial score (nSPS) is 20.4. The largest absolute Gasteiger partial charge is 0.352 e. The maximum Gasteiger partial charge on any atom is 0.243 e. The van der Waals surface area contributed by atoms with Crippen molar-refractivity contribution in [1.29, 1.82) is 0 Å². The number of nitrogens with zero attached hydrogens (tertiary/aromatic N) is 1. The third-order valence-corrected chi connectivity index (χ3v) is 8.45.